The summed E-state index contributed by atoms with van der Waals surface area (Å²) in [7, 11) is 2.97. The van der Waals surface area contributed by atoms with Crippen molar-refractivity contribution in [2.75, 3.05) is 6.54 Å². The second kappa shape index (κ2) is 9.42. The highest BCUT2D eigenvalue weighted by Gasteiger charge is 2.17. The number of aryl methyl sites for hydroxylation is 2. The topological polar surface area (TPSA) is 82.1 Å². The van der Waals surface area contributed by atoms with E-state index in [1.807, 2.05) is 0 Å². The molecule has 8 nitrogen and oxygen atoms in total. The summed E-state index contributed by atoms with van der Waals surface area (Å²) in [6, 6.07) is 4.61. The molecule has 0 N–H and O–H groups in total. The maximum absolute atomic E-state index is 14.1. The molecule has 2 heterocycles. The van der Waals surface area contributed by atoms with Gasteiger partial charge in [0.25, 0.3) is 5.56 Å². The van der Waals surface area contributed by atoms with Gasteiger partial charge in [-0.1, -0.05) is 22.0 Å². The van der Waals surface area contributed by atoms with E-state index < -0.39 is 11.2 Å². The second-order valence-corrected chi connectivity index (χ2v) is 8.13. The molecule has 0 unspecified atom stereocenters. The average molecular weight is 492 g/mol. The molecule has 0 fully saturated rings. The third-order valence-corrected chi connectivity index (χ3v) is 5.57. The van der Waals surface area contributed by atoms with Gasteiger partial charge in [-0.2, -0.15) is 0 Å². The van der Waals surface area contributed by atoms with Gasteiger partial charge in [-0.3, -0.25) is 18.7 Å². The van der Waals surface area contributed by atoms with Crippen LogP contribution in [0.2, 0.25) is 0 Å². The maximum atomic E-state index is 14.1. The molecule has 164 valence electrons. The molecule has 2 aromatic heterocycles. The van der Waals surface area contributed by atoms with Gasteiger partial charge in [0.2, 0.25) is 5.91 Å². The van der Waals surface area contributed by atoms with Gasteiger partial charge in [-0.05, 0) is 24.6 Å². The zero-order valence-corrected chi connectivity index (χ0v) is 18.9. The lowest BCUT2D eigenvalue weighted by atomic mass is 10.2. The molecular formula is C21H23BrFN5O3. The number of benzene rings is 1. The van der Waals surface area contributed by atoms with Crippen molar-refractivity contribution in [1.29, 1.82) is 0 Å². The number of imidazole rings is 1. The summed E-state index contributed by atoms with van der Waals surface area (Å²) >= 11 is 3.32. The minimum atomic E-state index is -0.447. The molecule has 0 saturated carbocycles. The number of hydrogen-bond acceptors (Lipinski definition) is 4. The van der Waals surface area contributed by atoms with Crippen LogP contribution in [0.15, 0.2) is 51.2 Å². The molecule has 1 aromatic carbocycles. The molecule has 0 bridgehead atoms. The van der Waals surface area contributed by atoms with Crippen LogP contribution in [0.5, 0.6) is 0 Å². The average Bonchev–Trinajstić information content (AvgIpc) is 3.17. The van der Waals surface area contributed by atoms with Crippen molar-refractivity contribution in [2.45, 2.75) is 25.9 Å². The summed E-state index contributed by atoms with van der Waals surface area (Å²) in [6.45, 7) is 4.48. The molecule has 0 saturated heterocycles. The lowest BCUT2D eigenvalue weighted by molar-refractivity contribution is -0.131. The molecule has 1 amide bonds. The Morgan fingerprint density at radius 1 is 1.29 bits per heavy atom. The quantitative estimate of drug-likeness (QED) is 0.452. The van der Waals surface area contributed by atoms with Gasteiger partial charge < -0.3 is 9.47 Å². The molecule has 3 aromatic rings. The Morgan fingerprint density at radius 2 is 2.03 bits per heavy atom. The Kier molecular flexibility index (Phi) is 6.89. The van der Waals surface area contributed by atoms with E-state index in [0.717, 1.165) is 9.04 Å². The fraction of sp³-hybridized carbons (Fsp3) is 0.333. The second-order valence-electron chi connectivity index (χ2n) is 7.22. The highest BCUT2D eigenvalue weighted by Crippen LogP contribution is 2.18. The first-order valence-corrected chi connectivity index (χ1v) is 10.5. The van der Waals surface area contributed by atoms with Crippen molar-refractivity contribution in [2.24, 2.45) is 14.1 Å². The largest absolute Gasteiger partial charge is 0.335 e. The van der Waals surface area contributed by atoms with Crippen LogP contribution in [0, 0.1) is 5.82 Å². The van der Waals surface area contributed by atoms with Crippen LogP contribution in [-0.4, -0.2) is 36.0 Å². The number of nitrogens with zero attached hydrogens (tertiary/aromatic N) is 5. The SMILES string of the molecule is C=CCN(Cc1cc(Br)ccc1F)C(=O)CCCn1cnc2c1c(=O)n(C)c(=O)n2C. The Morgan fingerprint density at radius 3 is 2.74 bits per heavy atom. The molecule has 0 radical (unpaired) electrons. The highest BCUT2D eigenvalue weighted by atomic mass is 79.9. The predicted molar refractivity (Wildman–Crippen MR) is 119 cm³/mol. The molecule has 10 heteroatoms. The van der Waals surface area contributed by atoms with E-state index in [1.165, 1.54) is 28.9 Å². The molecule has 0 aliphatic carbocycles. The fourth-order valence-electron chi connectivity index (χ4n) is 3.41. The van der Waals surface area contributed by atoms with Gasteiger partial charge in [0.05, 0.1) is 6.33 Å². The Bertz CT molecular complexity index is 1260. The lowest BCUT2D eigenvalue weighted by Crippen LogP contribution is -2.37. The summed E-state index contributed by atoms with van der Waals surface area (Å²) in [5.41, 5.74) is 0.154. The van der Waals surface area contributed by atoms with Crippen molar-refractivity contribution >= 4 is 33.0 Å². The Hall–Kier alpha value is -3.01. The van der Waals surface area contributed by atoms with Crippen LogP contribution in [0.25, 0.3) is 11.2 Å². The number of rotatable bonds is 8. The van der Waals surface area contributed by atoms with Gasteiger partial charge in [-0.15, -0.1) is 6.58 Å². The number of hydrogen-bond donors (Lipinski definition) is 0. The summed E-state index contributed by atoms with van der Waals surface area (Å²) in [5, 5.41) is 0. The summed E-state index contributed by atoms with van der Waals surface area (Å²) < 4.78 is 18.8. The minimum Gasteiger partial charge on any atom is -0.335 e. The molecule has 0 aliphatic heterocycles. The van der Waals surface area contributed by atoms with Crippen molar-refractivity contribution in [3.05, 3.63) is 73.9 Å². The molecule has 0 spiro atoms. The standard InChI is InChI=1S/C21H23BrFN5O3/c1-4-9-27(12-14-11-15(22)7-8-16(14)23)17(29)6-5-10-28-13-24-19-18(28)20(30)26(3)21(31)25(19)2/h4,7-8,11,13H,1,5-6,9-10,12H2,2-3H3. The molecule has 0 aliphatic rings. The lowest BCUT2D eigenvalue weighted by Gasteiger charge is -2.22. The van der Waals surface area contributed by atoms with Crippen LogP contribution in [0.4, 0.5) is 4.39 Å². The number of amides is 1. The third-order valence-electron chi connectivity index (χ3n) is 5.08. The minimum absolute atomic E-state index is 0.132. The molecular weight excluding hydrogens is 469 g/mol. The van der Waals surface area contributed by atoms with Crippen LogP contribution in [0.3, 0.4) is 0 Å². The highest BCUT2D eigenvalue weighted by molar-refractivity contribution is 9.10. The summed E-state index contributed by atoms with van der Waals surface area (Å²) in [5.74, 6) is -0.527. The van der Waals surface area contributed by atoms with Crippen LogP contribution in [-0.2, 0) is 32.0 Å². The number of aromatic nitrogens is 4. The monoisotopic (exact) mass is 491 g/mol. The zero-order valence-electron chi connectivity index (χ0n) is 17.3. The Labute approximate surface area is 186 Å². The van der Waals surface area contributed by atoms with Gasteiger partial charge in [-0.25, -0.2) is 14.2 Å². The van der Waals surface area contributed by atoms with E-state index in [4.69, 9.17) is 0 Å². The first-order chi connectivity index (χ1) is 14.7. The summed E-state index contributed by atoms with van der Waals surface area (Å²) in [4.78, 5) is 43.0. The third kappa shape index (κ3) is 4.68. The predicted octanol–water partition coefficient (Wildman–Crippen LogP) is 2.33. The number of fused-ring (bicyclic) bond motifs is 1. The van der Waals surface area contributed by atoms with Gasteiger partial charge in [0, 0.05) is 50.2 Å². The number of carbonyl (C=O) groups is 1. The van der Waals surface area contributed by atoms with E-state index in [-0.39, 0.29) is 24.7 Å². The number of carbonyl (C=O) groups excluding carboxylic acids is 1. The van der Waals surface area contributed by atoms with E-state index in [9.17, 15) is 18.8 Å². The smallest absolute Gasteiger partial charge is 0.332 e. The van der Waals surface area contributed by atoms with Crippen molar-refractivity contribution in [3.63, 3.8) is 0 Å². The fourth-order valence-corrected chi connectivity index (χ4v) is 3.81. The van der Waals surface area contributed by atoms with E-state index in [2.05, 4.69) is 27.5 Å². The number of halogens is 2. The summed E-state index contributed by atoms with van der Waals surface area (Å²) in [6.07, 6.45) is 3.75. The van der Waals surface area contributed by atoms with E-state index in [1.54, 1.807) is 29.8 Å². The van der Waals surface area contributed by atoms with E-state index in [0.29, 0.717) is 36.2 Å². The van der Waals surface area contributed by atoms with Crippen molar-refractivity contribution in [1.82, 2.24) is 23.6 Å². The first-order valence-electron chi connectivity index (χ1n) is 9.68. The molecule has 31 heavy (non-hydrogen) atoms. The molecule has 0 atom stereocenters. The van der Waals surface area contributed by atoms with Crippen LogP contribution < -0.4 is 11.2 Å². The van der Waals surface area contributed by atoms with Crippen molar-refractivity contribution in [3.8, 4) is 0 Å². The van der Waals surface area contributed by atoms with E-state index >= 15 is 0 Å². The maximum Gasteiger partial charge on any atom is 0.332 e. The van der Waals surface area contributed by atoms with Crippen LogP contribution in [0.1, 0.15) is 18.4 Å². The van der Waals surface area contributed by atoms with Crippen molar-refractivity contribution < 1.29 is 9.18 Å². The van der Waals surface area contributed by atoms with Crippen LogP contribution >= 0.6 is 15.9 Å². The van der Waals surface area contributed by atoms with Gasteiger partial charge in [0.15, 0.2) is 11.2 Å². The zero-order chi connectivity index (χ0) is 22.7. The molecule has 3 rings (SSSR count). The van der Waals surface area contributed by atoms with Gasteiger partial charge >= 0.3 is 5.69 Å². The Balaban J connectivity index is 1.72. The first kappa shape index (κ1) is 22.7. The normalized spacial score (nSPS) is 11.1. The van der Waals surface area contributed by atoms with Gasteiger partial charge in [0.1, 0.15) is 5.82 Å².